The van der Waals surface area contributed by atoms with Crippen molar-refractivity contribution in [1.82, 2.24) is 14.8 Å². The Bertz CT molecular complexity index is 1390. The van der Waals surface area contributed by atoms with E-state index in [9.17, 15) is 4.79 Å². The van der Waals surface area contributed by atoms with E-state index in [4.69, 9.17) is 9.31 Å². The maximum atomic E-state index is 11.7. The number of halogens is 1. The molecular formula is C27H29BBrN3O3. The Morgan fingerprint density at radius 2 is 1.80 bits per heavy atom. The fourth-order valence-electron chi connectivity index (χ4n) is 3.77. The first-order chi connectivity index (χ1) is 16.6. The van der Waals surface area contributed by atoms with E-state index >= 15 is 0 Å². The topological polar surface area (TPSA) is 69.1 Å². The van der Waals surface area contributed by atoms with E-state index in [1.54, 1.807) is 29.0 Å². The molecule has 0 saturated carbocycles. The highest BCUT2D eigenvalue weighted by Gasteiger charge is 2.51. The third kappa shape index (κ3) is 5.50. The van der Waals surface area contributed by atoms with Crippen LogP contribution >= 0.6 is 15.9 Å². The monoisotopic (exact) mass is 533 g/mol. The van der Waals surface area contributed by atoms with E-state index in [2.05, 4.69) is 60.4 Å². The van der Waals surface area contributed by atoms with E-state index in [1.165, 1.54) is 0 Å². The van der Waals surface area contributed by atoms with Crippen LogP contribution in [-0.2, 0) is 15.9 Å². The van der Waals surface area contributed by atoms with Gasteiger partial charge in [0.25, 0.3) is 5.56 Å². The van der Waals surface area contributed by atoms with Crippen molar-refractivity contribution in [3.63, 3.8) is 0 Å². The maximum absolute atomic E-state index is 11.7. The van der Waals surface area contributed by atoms with Gasteiger partial charge in [-0.2, -0.15) is 5.10 Å². The molecule has 0 aliphatic carbocycles. The quantitative estimate of drug-likeness (QED) is 0.368. The molecule has 1 N–H and O–H groups in total. The maximum Gasteiger partial charge on any atom is 0.494 e. The normalized spacial score (nSPS) is 16.1. The molecule has 6 nitrogen and oxygen atoms in total. The molecule has 2 aromatic heterocycles. The minimum atomic E-state index is -0.317. The molecule has 1 aliphatic rings. The molecule has 0 atom stereocenters. The molecule has 1 fully saturated rings. The van der Waals surface area contributed by atoms with Crippen molar-refractivity contribution in [3.8, 4) is 0 Å². The SMILES string of the molecule is C=Cc1ccccc1Cn1cc(Br)ccc1=O.CC1(C)OB(c2ccc3cn[nH]c3c2)OC1(C)C. The number of H-pyrrole nitrogens is 1. The molecule has 4 aromatic rings. The van der Waals surface area contributed by atoms with Crippen LogP contribution in [0.2, 0.25) is 0 Å². The Balaban J connectivity index is 0.000000165. The minimum absolute atomic E-state index is 0.00735. The predicted octanol–water partition coefficient (Wildman–Crippen LogP) is 5.16. The number of rotatable bonds is 4. The van der Waals surface area contributed by atoms with Crippen molar-refractivity contribution in [1.29, 1.82) is 0 Å². The van der Waals surface area contributed by atoms with Gasteiger partial charge in [-0.1, -0.05) is 49.1 Å². The van der Waals surface area contributed by atoms with Gasteiger partial charge in [-0.15, -0.1) is 0 Å². The van der Waals surface area contributed by atoms with Crippen LogP contribution in [0.3, 0.4) is 0 Å². The standard InChI is InChI=1S/C14H12BrNO.C13H17BN2O2/c1-2-11-5-3-4-6-12(11)9-16-10-13(15)7-8-14(16)17;1-12(2)13(3,4)18-14(17-12)10-6-5-9-8-15-16-11(9)7-10/h2-8,10H,1,9H2;5-8H,1-4H3,(H,15,16). The third-order valence-corrected chi connectivity index (χ3v) is 7.02. The van der Waals surface area contributed by atoms with Gasteiger partial charge >= 0.3 is 7.12 Å². The lowest BCUT2D eigenvalue weighted by atomic mass is 9.79. The molecule has 0 unspecified atom stereocenters. The summed E-state index contributed by atoms with van der Waals surface area (Å²) in [5, 5.41) is 8.08. The largest absolute Gasteiger partial charge is 0.494 e. The summed E-state index contributed by atoms with van der Waals surface area (Å²) in [6.07, 6.45) is 5.41. The second-order valence-corrected chi connectivity index (χ2v) is 10.4. The molecular weight excluding hydrogens is 505 g/mol. The van der Waals surface area contributed by atoms with E-state index in [0.29, 0.717) is 6.54 Å². The average Bonchev–Trinajstić information content (AvgIpc) is 3.37. The van der Waals surface area contributed by atoms with Gasteiger partial charge in [0.05, 0.1) is 29.5 Å². The molecule has 1 saturated heterocycles. The van der Waals surface area contributed by atoms with Crippen molar-refractivity contribution < 1.29 is 9.31 Å². The van der Waals surface area contributed by atoms with Crippen molar-refractivity contribution in [2.24, 2.45) is 0 Å². The molecule has 0 radical (unpaired) electrons. The predicted molar refractivity (Wildman–Crippen MR) is 146 cm³/mol. The number of pyridine rings is 1. The Hall–Kier alpha value is -2.94. The lowest BCUT2D eigenvalue weighted by Gasteiger charge is -2.32. The van der Waals surface area contributed by atoms with Gasteiger partial charge in [0.1, 0.15) is 0 Å². The zero-order valence-corrected chi connectivity index (χ0v) is 22.0. The fraction of sp³-hybridized carbons (Fsp3) is 0.259. The summed E-state index contributed by atoms with van der Waals surface area (Å²) in [7, 11) is -0.317. The number of hydrogen-bond acceptors (Lipinski definition) is 4. The second kappa shape index (κ2) is 9.97. The van der Waals surface area contributed by atoms with Crippen LogP contribution in [0.25, 0.3) is 17.0 Å². The number of aromatic nitrogens is 3. The van der Waals surface area contributed by atoms with Gasteiger partial charge in [0.2, 0.25) is 0 Å². The Labute approximate surface area is 214 Å². The highest BCUT2D eigenvalue weighted by molar-refractivity contribution is 9.10. The van der Waals surface area contributed by atoms with Gasteiger partial charge in [0, 0.05) is 22.1 Å². The van der Waals surface area contributed by atoms with Crippen LogP contribution in [0.1, 0.15) is 38.8 Å². The number of fused-ring (bicyclic) bond motifs is 1. The van der Waals surface area contributed by atoms with Gasteiger partial charge in [-0.3, -0.25) is 9.89 Å². The molecule has 2 aromatic carbocycles. The first-order valence-electron chi connectivity index (χ1n) is 11.4. The summed E-state index contributed by atoms with van der Waals surface area (Å²) in [6, 6.07) is 17.3. The molecule has 8 heteroatoms. The molecule has 1 aliphatic heterocycles. The molecule has 0 amide bonds. The number of aromatic amines is 1. The van der Waals surface area contributed by atoms with E-state index < -0.39 is 0 Å². The molecule has 180 valence electrons. The van der Waals surface area contributed by atoms with E-state index in [1.807, 2.05) is 48.7 Å². The van der Waals surface area contributed by atoms with E-state index in [-0.39, 0.29) is 23.9 Å². The van der Waals surface area contributed by atoms with Gasteiger partial charge in [0.15, 0.2) is 0 Å². The van der Waals surface area contributed by atoms with Crippen molar-refractivity contribution in [2.75, 3.05) is 0 Å². The Morgan fingerprint density at radius 3 is 2.51 bits per heavy atom. The number of benzene rings is 2. The van der Waals surface area contributed by atoms with Gasteiger partial charge in [-0.05, 0) is 72.3 Å². The zero-order chi connectivity index (χ0) is 25.2. The Kier molecular flexibility index (Phi) is 7.17. The lowest BCUT2D eigenvalue weighted by Crippen LogP contribution is -2.41. The van der Waals surface area contributed by atoms with Crippen molar-refractivity contribution in [2.45, 2.75) is 45.4 Å². The summed E-state index contributed by atoms with van der Waals surface area (Å²) >= 11 is 3.37. The van der Waals surface area contributed by atoms with Crippen molar-refractivity contribution in [3.05, 3.63) is 99.5 Å². The van der Waals surface area contributed by atoms with Gasteiger partial charge in [-0.25, -0.2) is 0 Å². The average molecular weight is 534 g/mol. The molecule has 0 spiro atoms. The van der Waals surface area contributed by atoms with Crippen molar-refractivity contribution >= 4 is 45.5 Å². The fourth-order valence-corrected chi connectivity index (χ4v) is 4.15. The van der Waals surface area contributed by atoms with Crippen LogP contribution in [0.5, 0.6) is 0 Å². The van der Waals surface area contributed by atoms with Gasteiger partial charge < -0.3 is 13.9 Å². The van der Waals surface area contributed by atoms with Crippen LogP contribution in [0.15, 0.2) is 82.8 Å². The van der Waals surface area contributed by atoms with Crippen LogP contribution < -0.4 is 11.0 Å². The number of nitrogens with zero attached hydrogens (tertiary/aromatic N) is 2. The third-order valence-electron chi connectivity index (χ3n) is 6.55. The summed E-state index contributed by atoms with van der Waals surface area (Å²) in [4.78, 5) is 11.7. The molecule has 35 heavy (non-hydrogen) atoms. The summed E-state index contributed by atoms with van der Waals surface area (Å²) in [6.45, 7) is 12.6. The zero-order valence-electron chi connectivity index (χ0n) is 20.4. The molecule has 3 heterocycles. The Morgan fingerprint density at radius 1 is 1.09 bits per heavy atom. The van der Waals surface area contributed by atoms with Crippen LogP contribution in [0, 0.1) is 0 Å². The second-order valence-electron chi connectivity index (χ2n) is 9.52. The first-order valence-corrected chi connectivity index (χ1v) is 12.2. The highest BCUT2D eigenvalue weighted by atomic mass is 79.9. The summed E-state index contributed by atoms with van der Waals surface area (Å²) < 4.78 is 14.6. The van der Waals surface area contributed by atoms with Crippen LogP contribution in [0.4, 0.5) is 0 Å². The minimum Gasteiger partial charge on any atom is -0.399 e. The molecule has 5 rings (SSSR count). The highest BCUT2D eigenvalue weighted by Crippen LogP contribution is 2.36. The smallest absolute Gasteiger partial charge is 0.399 e. The lowest BCUT2D eigenvalue weighted by molar-refractivity contribution is 0.00578. The van der Waals surface area contributed by atoms with Crippen LogP contribution in [-0.4, -0.2) is 33.1 Å². The number of nitrogens with one attached hydrogen (secondary N) is 1. The summed E-state index contributed by atoms with van der Waals surface area (Å²) in [5.74, 6) is 0. The molecule has 0 bridgehead atoms. The first kappa shape index (κ1) is 25.2. The number of hydrogen-bond donors (Lipinski definition) is 1. The summed E-state index contributed by atoms with van der Waals surface area (Å²) in [5.41, 5.74) is 3.54. The van der Waals surface area contributed by atoms with E-state index in [0.717, 1.165) is 32.0 Å².